The van der Waals surface area contributed by atoms with Crippen LogP contribution in [0.2, 0.25) is 5.02 Å². The molecule has 3 amide bonds. The van der Waals surface area contributed by atoms with E-state index in [-0.39, 0.29) is 47.8 Å². The second-order valence-electron chi connectivity index (χ2n) is 8.23. The molecule has 0 radical (unpaired) electrons. The van der Waals surface area contributed by atoms with Gasteiger partial charge in [-0.2, -0.15) is 0 Å². The van der Waals surface area contributed by atoms with E-state index in [0.717, 1.165) is 12.0 Å². The van der Waals surface area contributed by atoms with Crippen LogP contribution in [0.5, 0.6) is 0 Å². The normalized spacial score (nSPS) is 27.4. The van der Waals surface area contributed by atoms with Gasteiger partial charge >= 0.3 is 0 Å². The minimum atomic E-state index is -0.657. The van der Waals surface area contributed by atoms with E-state index in [4.69, 9.17) is 11.6 Å². The van der Waals surface area contributed by atoms with Gasteiger partial charge in [0, 0.05) is 10.7 Å². The summed E-state index contributed by atoms with van der Waals surface area (Å²) in [5, 5.41) is 3.42. The van der Waals surface area contributed by atoms with Gasteiger partial charge in [0.25, 0.3) is 0 Å². The monoisotopic (exact) mass is 420 g/mol. The summed E-state index contributed by atoms with van der Waals surface area (Å²) in [6.07, 6.45) is 5.01. The molecule has 1 saturated carbocycles. The van der Waals surface area contributed by atoms with E-state index in [1.54, 1.807) is 36.4 Å². The van der Waals surface area contributed by atoms with Crippen LogP contribution in [0.3, 0.4) is 0 Å². The number of carbonyl (C=O) groups is 3. The first-order chi connectivity index (χ1) is 14.5. The Kier molecular flexibility index (Phi) is 4.70. The zero-order valence-corrected chi connectivity index (χ0v) is 17.0. The third-order valence-corrected chi connectivity index (χ3v) is 6.76. The molecule has 5 atom stereocenters. The summed E-state index contributed by atoms with van der Waals surface area (Å²) in [7, 11) is 0. The molecule has 1 N–H and O–H groups in total. The van der Waals surface area contributed by atoms with E-state index in [1.807, 2.05) is 18.2 Å². The molecule has 2 aliphatic carbocycles. The Bertz CT molecular complexity index is 1000. The van der Waals surface area contributed by atoms with Gasteiger partial charge in [-0.15, -0.1) is 0 Å². The van der Waals surface area contributed by atoms with Gasteiger partial charge in [0.05, 0.1) is 24.3 Å². The summed E-state index contributed by atoms with van der Waals surface area (Å²) in [5.74, 6) is -0.890. The summed E-state index contributed by atoms with van der Waals surface area (Å²) in [6.45, 7) is 0. The number of imide groups is 1. The van der Waals surface area contributed by atoms with Crippen molar-refractivity contribution in [3.8, 4) is 0 Å². The molecular weight excluding hydrogens is 400 g/mol. The lowest BCUT2D eigenvalue weighted by Gasteiger charge is -2.28. The number of likely N-dealkylation sites (tertiary alicyclic amines) is 1. The Morgan fingerprint density at radius 2 is 1.57 bits per heavy atom. The van der Waals surface area contributed by atoms with Crippen LogP contribution in [-0.4, -0.2) is 22.6 Å². The van der Waals surface area contributed by atoms with Gasteiger partial charge in [0.15, 0.2) is 0 Å². The van der Waals surface area contributed by atoms with Gasteiger partial charge in [-0.3, -0.25) is 19.3 Å². The molecule has 1 heterocycles. The lowest BCUT2D eigenvalue weighted by Crippen LogP contribution is -2.38. The average Bonchev–Trinajstić information content (AvgIpc) is 3.42. The number of anilines is 1. The Morgan fingerprint density at radius 3 is 2.17 bits per heavy atom. The van der Waals surface area contributed by atoms with Gasteiger partial charge in [0.1, 0.15) is 0 Å². The molecule has 2 aromatic rings. The number of rotatable bonds is 5. The summed E-state index contributed by atoms with van der Waals surface area (Å²) in [4.78, 5) is 40.8. The van der Waals surface area contributed by atoms with Gasteiger partial charge in [-0.1, -0.05) is 54.1 Å². The number of hydrogen-bond acceptors (Lipinski definition) is 3. The van der Waals surface area contributed by atoms with E-state index < -0.39 is 6.04 Å². The zero-order valence-electron chi connectivity index (χ0n) is 16.2. The summed E-state index contributed by atoms with van der Waals surface area (Å²) in [6, 6.07) is 15.5. The Morgan fingerprint density at radius 1 is 0.967 bits per heavy atom. The molecule has 30 heavy (non-hydrogen) atoms. The fourth-order valence-corrected chi connectivity index (χ4v) is 5.31. The van der Waals surface area contributed by atoms with Crippen LogP contribution in [0.1, 0.15) is 24.4 Å². The largest absolute Gasteiger partial charge is 0.326 e. The molecule has 3 aliphatic rings. The highest BCUT2D eigenvalue weighted by atomic mass is 35.5. The highest BCUT2D eigenvalue weighted by Gasteiger charge is 2.60. The van der Waals surface area contributed by atoms with Crippen molar-refractivity contribution in [3.63, 3.8) is 0 Å². The van der Waals surface area contributed by atoms with Crippen LogP contribution in [0.15, 0.2) is 66.7 Å². The van der Waals surface area contributed by atoms with Crippen molar-refractivity contribution >= 4 is 35.0 Å². The van der Waals surface area contributed by atoms with Crippen molar-refractivity contribution < 1.29 is 14.4 Å². The second kappa shape index (κ2) is 7.40. The Hall–Kier alpha value is -2.92. The van der Waals surface area contributed by atoms with Crippen molar-refractivity contribution in [3.05, 3.63) is 77.3 Å². The molecule has 0 aromatic heterocycles. The molecule has 0 spiro atoms. The number of allylic oxidation sites excluding steroid dienone is 2. The van der Waals surface area contributed by atoms with Crippen molar-refractivity contribution in [2.45, 2.75) is 18.9 Å². The SMILES string of the molecule is O=C(CC(c1ccc(Cl)cc1)N1C(=O)C2C3C=CC(C3)C2C1=O)Nc1ccccc1. The lowest BCUT2D eigenvalue weighted by molar-refractivity contribution is -0.144. The van der Waals surface area contributed by atoms with Crippen LogP contribution >= 0.6 is 11.6 Å². The van der Waals surface area contributed by atoms with E-state index in [0.29, 0.717) is 10.7 Å². The highest BCUT2D eigenvalue weighted by molar-refractivity contribution is 6.30. The molecule has 6 heteroatoms. The topological polar surface area (TPSA) is 66.5 Å². The van der Waals surface area contributed by atoms with Gasteiger partial charge in [-0.05, 0) is 48.1 Å². The van der Waals surface area contributed by atoms with Gasteiger partial charge in [-0.25, -0.2) is 0 Å². The maximum absolute atomic E-state index is 13.3. The summed E-state index contributed by atoms with van der Waals surface area (Å²) >= 11 is 6.04. The molecule has 2 fully saturated rings. The van der Waals surface area contributed by atoms with Crippen LogP contribution in [0, 0.1) is 23.7 Å². The number of benzene rings is 2. The third-order valence-electron chi connectivity index (χ3n) is 6.51. The van der Waals surface area contributed by atoms with E-state index in [2.05, 4.69) is 17.5 Å². The van der Waals surface area contributed by atoms with Crippen LogP contribution in [0.4, 0.5) is 5.69 Å². The smallest absolute Gasteiger partial charge is 0.234 e. The maximum atomic E-state index is 13.3. The summed E-state index contributed by atoms with van der Waals surface area (Å²) < 4.78 is 0. The predicted octanol–water partition coefficient (Wildman–Crippen LogP) is 4.22. The molecule has 5 rings (SSSR count). The fraction of sp³-hybridized carbons (Fsp3) is 0.292. The molecule has 2 bridgehead atoms. The van der Waals surface area contributed by atoms with Crippen LogP contribution < -0.4 is 5.32 Å². The number of hydrogen-bond donors (Lipinski definition) is 1. The Balaban J connectivity index is 1.44. The molecule has 5 nitrogen and oxygen atoms in total. The number of nitrogens with one attached hydrogen (secondary N) is 1. The minimum Gasteiger partial charge on any atom is -0.326 e. The average molecular weight is 421 g/mol. The van der Waals surface area contributed by atoms with Crippen molar-refractivity contribution in [2.75, 3.05) is 5.32 Å². The van der Waals surface area contributed by atoms with Crippen LogP contribution in [-0.2, 0) is 14.4 Å². The molecular formula is C24H21ClN2O3. The first kappa shape index (κ1) is 19.1. The van der Waals surface area contributed by atoms with E-state index in [1.165, 1.54) is 4.90 Å². The first-order valence-corrected chi connectivity index (χ1v) is 10.6. The summed E-state index contributed by atoms with van der Waals surface area (Å²) in [5.41, 5.74) is 1.40. The fourth-order valence-electron chi connectivity index (χ4n) is 5.18. The minimum absolute atomic E-state index is 0.00376. The van der Waals surface area contributed by atoms with Gasteiger partial charge < -0.3 is 5.32 Å². The molecule has 152 valence electrons. The predicted molar refractivity (Wildman–Crippen MR) is 113 cm³/mol. The van der Waals surface area contributed by atoms with E-state index >= 15 is 0 Å². The Labute approximate surface area is 179 Å². The number of nitrogens with zero attached hydrogens (tertiary/aromatic N) is 1. The molecule has 1 saturated heterocycles. The quantitative estimate of drug-likeness (QED) is 0.581. The van der Waals surface area contributed by atoms with Gasteiger partial charge in [0.2, 0.25) is 17.7 Å². The zero-order chi connectivity index (χ0) is 20.8. The lowest BCUT2D eigenvalue weighted by atomic mass is 9.85. The number of carbonyl (C=O) groups excluding carboxylic acids is 3. The van der Waals surface area contributed by atoms with Crippen molar-refractivity contribution in [2.24, 2.45) is 23.7 Å². The van der Waals surface area contributed by atoms with Crippen molar-refractivity contribution in [1.29, 1.82) is 0 Å². The second-order valence-corrected chi connectivity index (χ2v) is 8.67. The van der Waals surface area contributed by atoms with Crippen molar-refractivity contribution in [1.82, 2.24) is 4.90 Å². The number of halogens is 1. The third kappa shape index (κ3) is 3.14. The number of fused-ring (bicyclic) bond motifs is 5. The standard InChI is InChI=1S/C24H21ClN2O3/c25-17-10-8-14(9-11-17)19(13-20(28)26-18-4-2-1-3-5-18)27-23(29)21-15-6-7-16(12-15)22(21)24(27)30/h1-11,15-16,19,21-22H,12-13H2,(H,26,28). The molecule has 1 aliphatic heterocycles. The van der Waals surface area contributed by atoms with E-state index in [9.17, 15) is 14.4 Å². The molecule has 2 aromatic carbocycles. The maximum Gasteiger partial charge on any atom is 0.234 e. The number of para-hydroxylation sites is 1. The first-order valence-electron chi connectivity index (χ1n) is 10.2. The van der Waals surface area contributed by atoms with Crippen LogP contribution in [0.25, 0.3) is 0 Å². The molecule has 5 unspecified atom stereocenters. The highest BCUT2D eigenvalue weighted by Crippen LogP contribution is 2.54. The number of amides is 3.